The third-order valence-electron chi connectivity index (χ3n) is 7.42. The van der Waals surface area contributed by atoms with Crippen molar-refractivity contribution in [1.82, 2.24) is 0 Å². The van der Waals surface area contributed by atoms with Crippen molar-refractivity contribution in [3.05, 3.63) is 135 Å². The molecule has 0 nitrogen and oxygen atoms in total. The van der Waals surface area contributed by atoms with Gasteiger partial charge in [0.15, 0.2) is 0 Å². The summed E-state index contributed by atoms with van der Waals surface area (Å²) in [6, 6.07) is 37.7. The van der Waals surface area contributed by atoms with E-state index in [0.717, 1.165) is 0 Å². The predicted molar refractivity (Wildman–Crippen MR) is 183 cm³/mol. The fourth-order valence-electron chi connectivity index (χ4n) is 5.21. The minimum absolute atomic E-state index is 0. The second kappa shape index (κ2) is 14.1. The summed E-state index contributed by atoms with van der Waals surface area (Å²) in [6.45, 7) is 18.8. The van der Waals surface area contributed by atoms with Crippen molar-refractivity contribution in [2.24, 2.45) is 0 Å². The first-order valence-corrected chi connectivity index (χ1v) is 17.8. The molecule has 2 heteroatoms. The van der Waals surface area contributed by atoms with Gasteiger partial charge in [-0.3, -0.25) is 0 Å². The summed E-state index contributed by atoms with van der Waals surface area (Å²) in [4.78, 5) is 0. The molecular formula is C39H44SiZr-4. The van der Waals surface area contributed by atoms with Crippen LogP contribution in [0.5, 0.6) is 0 Å². The van der Waals surface area contributed by atoms with E-state index < -0.39 is 0 Å². The molecule has 41 heavy (non-hydrogen) atoms. The van der Waals surface area contributed by atoms with Crippen LogP contribution in [0.3, 0.4) is 0 Å². The van der Waals surface area contributed by atoms with E-state index in [-0.39, 0.29) is 25.7 Å². The van der Waals surface area contributed by atoms with Gasteiger partial charge in [0.05, 0.1) is 0 Å². The Labute approximate surface area is 266 Å². The number of aryl methyl sites for hydroxylation is 1. The fraction of sp³-hybridized carbons (Fsp3) is 0.231. The molecule has 0 aliphatic heterocycles. The zero-order valence-corrected chi connectivity index (χ0v) is 29.8. The number of rotatable bonds is 1. The molecule has 6 rings (SSSR count). The Morgan fingerprint density at radius 2 is 1.05 bits per heavy atom. The van der Waals surface area contributed by atoms with Crippen LogP contribution in [0.1, 0.15) is 58.2 Å². The average molecular weight is 632 g/mol. The quantitative estimate of drug-likeness (QED) is 0.125. The third-order valence-corrected chi connectivity index (χ3v) is 7.42. The first-order valence-electron chi connectivity index (χ1n) is 13.6. The second-order valence-electron chi connectivity index (χ2n) is 12.5. The molecule has 0 heterocycles. The maximum absolute atomic E-state index is 3.06. The van der Waals surface area contributed by atoms with Crippen LogP contribution in [0.15, 0.2) is 103 Å². The van der Waals surface area contributed by atoms with E-state index in [0.29, 0.717) is 0 Å². The number of benzene rings is 4. The van der Waals surface area contributed by atoms with Crippen molar-refractivity contribution in [3.63, 3.8) is 0 Å². The molecule has 0 aliphatic rings. The molecule has 6 aromatic carbocycles. The summed E-state index contributed by atoms with van der Waals surface area (Å²) < 4.78 is 0. The SMILES string of the molecule is CC(C)(C)c1ccc2c(c1)[cH-]c1cc(C(C)(C)C)ccc12.Cc1cc2c(-c3ccccc3)cccc2[cH-]1.[CH3-].[CH3-].[Si]=[Zr]. The van der Waals surface area contributed by atoms with E-state index >= 15 is 0 Å². The van der Waals surface area contributed by atoms with Crippen LogP contribution in [-0.2, 0) is 34.2 Å². The van der Waals surface area contributed by atoms with Crippen molar-refractivity contribution in [2.45, 2.75) is 59.3 Å². The Hall–Kier alpha value is -2.54. The molecule has 212 valence electrons. The third kappa shape index (κ3) is 7.85. The van der Waals surface area contributed by atoms with Crippen LogP contribution in [0.2, 0.25) is 0 Å². The Bertz CT molecular complexity index is 1630. The molecule has 0 aliphatic carbocycles. The van der Waals surface area contributed by atoms with Gasteiger partial charge in [-0.25, -0.2) is 0 Å². The fourth-order valence-corrected chi connectivity index (χ4v) is 5.21. The Morgan fingerprint density at radius 1 is 0.537 bits per heavy atom. The van der Waals surface area contributed by atoms with Crippen molar-refractivity contribution in [2.75, 3.05) is 0 Å². The van der Waals surface area contributed by atoms with E-state index in [1.54, 1.807) is 0 Å². The van der Waals surface area contributed by atoms with Crippen LogP contribution in [0, 0.1) is 21.8 Å². The van der Waals surface area contributed by atoms with Crippen molar-refractivity contribution < 1.29 is 23.3 Å². The van der Waals surface area contributed by atoms with E-state index in [4.69, 9.17) is 0 Å². The van der Waals surface area contributed by atoms with E-state index in [1.807, 2.05) is 0 Å². The minimum atomic E-state index is 0. The molecule has 0 aromatic heterocycles. The molecule has 0 bridgehead atoms. The summed E-state index contributed by atoms with van der Waals surface area (Å²) >= 11 is 1.36. The first-order chi connectivity index (χ1) is 18.5. The summed E-state index contributed by atoms with van der Waals surface area (Å²) in [7, 11) is 0. The van der Waals surface area contributed by atoms with Gasteiger partial charge in [-0.2, -0.15) is 6.07 Å². The van der Waals surface area contributed by atoms with Crippen LogP contribution in [0.4, 0.5) is 0 Å². The van der Waals surface area contributed by atoms with E-state index in [2.05, 4.69) is 158 Å². The van der Waals surface area contributed by atoms with Gasteiger partial charge >= 0.3 is 30.2 Å². The molecule has 0 unspecified atom stereocenters. The van der Waals surface area contributed by atoms with Crippen LogP contribution in [-0.4, -0.2) is 6.88 Å². The Kier molecular flexibility index (Phi) is 11.9. The average Bonchev–Trinajstić information content (AvgIpc) is 3.48. The molecule has 0 saturated heterocycles. The predicted octanol–water partition coefficient (Wildman–Crippen LogP) is 11.4. The van der Waals surface area contributed by atoms with Crippen molar-refractivity contribution in [3.8, 4) is 11.1 Å². The molecular weight excluding hydrogens is 588 g/mol. The molecule has 6 aromatic rings. The standard InChI is InChI=1S/C21H25.C16H13.2CH3.Si.Zr/c1-20(2,3)16-7-9-18-14(12-16)11-15-13-17(21(4,5)6)8-10-19(15)18;1-12-10-14-8-5-9-15(16(14)11-12)13-6-3-2-4-7-13;;;;/h7-13H,1-6H3;2-11H,1H3;2*1H3;;/q4*-1;;. The second-order valence-corrected chi connectivity index (χ2v) is 12.5. The van der Waals surface area contributed by atoms with E-state index in [9.17, 15) is 0 Å². The van der Waals surface area contributed by atoms with Gasteiger partial charge in [-0.15, -0.1) is 74.3 Å². The first kappa shape index (κ1) is 34.7. The molecule has 2 radical (unpaired) electrons. The van der Waals surface area contributed by atoms with Gasteiger partial charge in [0.1, 0.15) is 0 Å². The van der Waals surface area contributed by atoms with E-state index in [1.165, 1.54) is 83.5 Å². The summed E-state index contributed by atoms with van der Waals surface area (Å²) in [5.74, 6) is 0. The monoisotopic (exact) mass is 630 g/mol. The van der Waals surface area contributed by atoms with Gasteiger partial charge in [-0.1, -0.05) is 126 Å². The molecule has 0 saturated carbocycles. The van der Waals surface area contributed by atoms with Gasteiger partial charge in [0.25, 0.3) is 0 Å². The van der Waals surface area contributed by atoms with Gasteiger partial charge in [0.2, 0.25) is 0 Å². The van der Waals surface area contributed by atoms with Crippen LogP contribution in [0.25, 0.3) is 43.4 Å². The number of fused-ring (bicyclic) bond motifs is 4. The molecule has 0 N–H and O–H groups in total. The molecule has 0 fully saturated rings. The molecule has 0 amide bonds. The van der Waals surface area contributed by atoms with Gasteiger partial charge < -0.3 is 14.9 Å². The summed E-state index contributed by atoms with van der Waals surface area (Å²) in [5.41, 5.74) is 7.16. The number of hydrogen-bond donors (Lipinski definition) is 0. The Morgan fingerprint density at radius 3 is 1.54 bits per heavy atom. The van der Waals surface area contributed by atoms with Gasteiger partial charge in [-0.05, 0) is 16.4 Å². The van der Waals surface area contributed by atoms with Crippen LogP contribution >= 0.6 is 0 Å². The molecule has 0 spiro atoms. The normalized spacial score (nSPS) is 11.1. The molecule has 0 atom stereocenters. The summed E-state index contributed by atoms with van der Waals surface area (Å²) in [6.07, 6.45) is 0. The summed E-state index contributed by atoms with van der Waals surface area (Å²) in [5, 5.41) is 8.16. The number of hydrogen-bond acceptors (Lipinski definition) is 0. The Balaban J connectivity index is 0.000000265. The van der Waals surface area contributed by atoms with Crippen molar-refractivity contribution >= 4 is 39.2 Å². The topological polar surface area (TPSA) is 0 Å². The van der Waals surface area contributed by atoms with Crippen LogP contribution < -0.4 is 0 Å². The maximum atomic E-state index is 3.06. The zero-order valence-electron chi connectivity index (χ0n) is 26.3. The van der Waals surface area contributed by atoms with Gasteiger partial charge in [0, 0.05) is 0 Å². The zero-order chi connectivity index (χ0) is 28.4. The van der Waals surface area contributed by atoms with Crippen molar-refractivity contribution in [1.29, 1.82) is 0 Å².